The summed E-state index contributed by atoms with van der Waals surface area (Å²) in [5.74, 6) is 0. The van der Waals surface area contributed by atoms with Crippen LogP contribution in [0.15, 0.2) is 24.8 Å². The van der Waals surface area contributed by atoms with E-state index >= 15 is 0 Å². The molecule has 0 spiro atoms. The molecule has 0 fully saturated rings. The highest BCUT2D eigenvalue weighted by Crippen LogP contribution is 2.29. The van der Waals surface area contributed by atoms with Gasteiger partial charge < -0.3 is 0 Å². The molecule has 0 amide bonds. The Hall–Kier alpha value is -1.03. The van der Waals surface area contributed by atoms with Gasteiger partial charge in [-0.05, 0) is 19.8 Å². The van der Waals surface area contributed by atoms with Gasteiger partial charge in [0.15, 0.2) is 0 Å². The lowest BCUT2D eigenvalue weighted by Gasteiger charge is -2.19. The van der Waals surface area contributed by atoms with E-state index in [0.717, 1.165) is 19.3 Å². The van der Waals surface area contributed by atoms with Gasteiger partial charge in [0, 0.05) is 0 Å². The quantitative estimate of drug-likeness (QED) is 0.569. The van der Waals surface area contributed by atoms with Crippen molar-refractivity contribution in [2.45, 2.75) is 33.1 Å². The van der Waals surface area contributed by atoms with E-state index in [1.807, 2.05) is 25.2 Å². The Bertz CT molecular complexity index is 198. The Kier molecular flexibility index (Phi) is 5.12. The summed E-state index contributed by atoms with van der Waals surface area (Å²) in [7, 11) is 0. The van der Waals surface area contributed by atoms with Crippen molar-refractivity contribution >= 4 is 0 Å². The minimum atomic E-state index is -0.300. The Morgan fingerprint density at radius 3 is 2.58 bits per heavy atom. The Morgan fingerprint density at radius 2 is 2.25 bits per heavy atom. The number of rotatable bonds is 5. The van der Waals surface area contributed by atoms with Crippen LogP contribution in [0.1, 0.15) is 33.1 Å². The third kappa shape index (κ3) is 2.92. The van der Waals surface area contributed by atoms with Crippen molar-refractivity contribution < 1.29 is 0 Å². The molecule has 66 valence electrons. The van der Waals surface area contributed by atoms with Crippen LogP contribution in [0.2, 0.25) is 0 Å². The van der Waals surface area contributed by atoms with Crippen LogP contribution >= 0.6 is 0 Å². The van der Waals surface area contributed by atoms with E-state index in [2.05, 4.69) is 19.6 Å². The van der Waals surface area contributed by atoms with Crippen molar-refractivity contribution in [3.8, 4) is 6.07 Å². The van der Waals surface area contributed by atoms with Gasteiger partial charge in [0.2, 0.25) is 0 Å². The number of nitriles is 1. The Balaban J connectivity index is 4.52. The van der Waals surface area contributed by atoms with Crippen molar-refractivity contribution in [1.29, 1.82) is 5.26 Å². The first-order valence-electron chi connectivity index (χ1n) is 4.40. The lowest BCUT2D eigenvalue weighted by Crippen LogP contribution is -2.13. The first-order valence-corrected chi connectivity index (χ1v) is 4.40. The molecule has 0 aromatic carbocycles. The summed E-state index contributed by atoms with van der Waals surface area (Å²) in [5.41, 5.74) is -0.300. The second-order valence-corrected chi connectivity index (χ2v) is 3.01. The summed E-state index contributed by atoms with van der Waals surface area (Å²) in [6.45, 7) is 7.72. The van der Waals surface area contributed by atoms with E-state index in [1.165, 1.54) is 0 Å². The minimum absolute atomic E-state index is 0.300. The normalized spacial score (nSPS) is 15.4. The Morgan fingerprint density at radius 1 is 1.58 bits per heavy atom. The topological polar surface area (TPSA) is 23.8 Å². The maximum absolute atomic E-state index is 9.02. The highest BCUT2D eigenvalue weighted by Gasteiger charge is 2.23. The third-order valence-electron chi connectivity index (χ3n) is 1.91. The second-order valence-electron chi connectivity index (χ2n) is 3.01. The number of hydrogen-bond donors (Lipinski definition) is 0. The molecule has 1 atom stereocenters. The molecule has 0 saturated heterocycles. The molecule has 12 heavy (non-hydrogen) atoms. The third-order valence-corrected chi connectivity index (χ3v) is 1.91. The first kappa shape index (κ1) is 11.0. The fraction of sp³-hybridized carbons (Fsp3) is 0.545. The van der Waals surface area contributed by atoms with Crippen LogP contribution in [0, 0.1) is 16.7 Å². The average molecular weight is 163 g/mol. The Labute approximate surface area is 75.4 Å². The summed E-state index contributed by atoms with van der Waals surface area (Å²) in [6, 6.07) is 2.36. The van der Waals surface area contributed by atoms with Crippen LogP contribution in [0.5, 0.6) is 0 Å². The molecule has 0 radical (unpaired) electrons. The van der Waals surface area contributed by atoms with Gasteiger partial charge in [-0.2, -0.15) is 5.26 Å². The van der Waals surface area contributed by atoms with E-state index < -0.39 is 0 Å². The molecule has 0 N–H and O–H groups in total. The number of allylic oxidation sites excluding steroid dienone is 3. The molecule has 1 unspecified atom stereocenters. The van der Waals surface area contributed by atoms with Gasteiger partial charge in [0.1, 0.15) is 0 Å². The van der Waals surface area contributed by atoms with E-state index in [1.54, 1.807) is 0 Å². The average Bonchev–Trinajstić information content (AvgIpc) is 2.06. The van der Waals surface area contributed by atoms with Crippen molar-refractivity contribution in [3.63, 3.8) is 0 Å². The van der Waals surface area contributed by atoms with Crippen molar-refractivity contribution in [3.05, 3.63) is 24.8 Å². The minimum Gasteiger partial charge on any atom is -0.197 e. The number of hydrogen-bond acceptors (Lipinski definition) is 1. The molecule has 0 heterocycles. The SMILES string of the molecule is C=CCC(C#N)(/C=C\C)CCC. The van der Waals surface area contributed by atoms with Gasteiger partial charge in [-0.1, -0.05) is 31.6 Å². The van der Waals surface area contributed by atoms with Gasteiger partial charge in [0.25, 0.3) is 0 Å². The molecule has 0 aromatic heterocycles. The van der Waals surface area contributed by atoms with Gasteiger partial charge in [-0.15, -0.1) is 6.58 Å². The van der Waals surface area contributed by atoms with Gasteiger partial charge in [-0.25, -0.2) is 0 Å². The summed E-state index contributed by atoms with van der Waals surface area (Å²) >= 11 is 0. The van der Waals surface area contributed by atoms with Crippen LogP contribution in [0.25, 0.3) is 0 Å². The molecule has 1 heteroatoms. The molecule has 0 aromatic rings. The highest BCUT2D eigenvalue weighted by atomic mass is 14.3. The van der Waals surface area contributed by atoms with Crippen LogP contribution in [0.3, 0.4) is 0 Å². The van der Waals surface area contributed by atoms with Gasteiger partial charge in [0.05, 0.1) is 11.5 Å². The zero-order chi connectivity index (χ0) is 9.45. The first-order chi connectivity index (χ1) is 5.74. The van der Waals surface area contributed by atoms with Crippen molar-refractivity contribution in [2.24, 2.45) is 5.41 Å². The molecule has 1 nitrogen and oxygen atoms in total. The van der Waals surface area contributed by atoms with Crippen LogP contribution in [0.4, 0.5) is 0 Å². The van der Waals surface area contributed by atoms with Crippen LogP contribution in [-0.4, -0.2) is 0 Å². The monoisotopic (exact) mass is 163 g/mol. The predicted molar refractivity (Wildman–Crippen MR) is 52.6 cm³/mol. The maximum atomic E-state index is 9.02. The van der Waals surface area contributed by atoms with Gasteiger partial charge in [-0.3, -0.25) is 0 Å². The van der Waals surface area contributed by atoms with Crippen molar-refractivity contribution in [1.82, 2.24) is 0 Å². The standard InChI is InChI=1S/C11H17N/c1-4-7-11(10-12,8-5-2)9-6-3/h4-5,8H,1,6-7,9H2,2-3H3/b8-5-. The van der Waals surface area contributed by atoms with E-state index in [-0.39, 0.29) is 5.41 Å². The zero-order valence-electron chi connectivity index (χ0n) is 8.01. The largest absolute Gasteiger partial charge is 0.197 e. The summed E-state index contributed by atoms with van der Waals surface area (Å²) in [6.07, 6.45) is 8.45. The smallest absolute Gasteiger partial charge is 0.0787 e. The lowest BCUT2D eigenvalue weighted by molar-refractivity contribution is 0.463. The second kappa shape index (κ2) is 5.60. The lowest BCUT2D eigenvalue weighted by atomic mass is 9.81. The highest BCUT2D eigenvalue weighted by molar-refractivity contribution is 5.13. The molecule has 0 saturated carbocycles. The molecule has 0 aliphatic heterocycles. The fourth-order valence-corrected chi connectivity index (χ4v) is 1.41. The van der Waals surface area contributed by atoms with E-state index in [4.69, 9.17) is 5.26 Å². The van der Waals surface area contributed by atoms with Crippen LogP contribution in [-0.2, 0) is 0 Å². The molecule has 0 aliphatic carbocycles. The predicted octanol–water partition coefficient (Wildman–Crippen LogP) is 3.45. The molecular formula is C11H17N. The summed E-state index contributed by atoms with van der Waals surface area (Å²) in [5, 5.41) is 9.02. The van der Waals surface area contributed by atoms with E-state index in [0.29, 0.717) is 0 Å². The van der Waals surface area contributed by atoms with Gasteiger partial charge >= 0.3 is 0 Å². The van der Waals surface area contributed by atoms with Crippen molar-refractivity contribution in [2.75, 3.05) is 0 Å². The summed E-state index contributed by atoms with van der Waals surface area (Å²) < 4.78 is 0. The van der Waals surface area contributed by atoms with E-state index in [9.17, 15) is 0 Å². The molecular weight excluding hydrogens is 146 g/mol. The van der Waals surface area contributed by atoms with Crippen LogP contribution < -0.4 is 0 Å². The number of nitrogens with zero attached hydrogens (tertiary/aromatic N) is 1. The molecule has 0 aliphatic rings. The maximum Gasteiger partial charge on any atom is 0.0787 e. The zero-order valence-corrected chi connectivity index (χ0v) is 8.01. The molecule has 0 rings (SSSR count). The fourth-order valence-electron chi connectivity index (χ4n) is 1.41. The molecule has 0 bridgehead atoms. The summed E-state index contributed by atoms with van der Waals surface area (Å²) in [4.78, 5) is 0.